The number of benzene rings is 2. The highest BCUT2D eigenvalue weighted by molar-refractivity contribution is 6.49. The molecule has 1 nitrogen and oxygen atoms in total. The van der Waals surface area contributed by atoms with Crippen LogP contribution in [-0.4, -0.2) is 7.11 Å². The standard InChI is InChI=1S/C13H8Cl3FO/c1-18-11-5-2-7(17)6-9(11)8-3-4-10(14)13(16)12(8)15/h2-6H,1H3. The highest BCUT2D eigenvalue weighted by atomic mass is 35.5. The number of ether oxygens (including phenoxy) is 1. The molecule has 0 fully saturated rings. The summed E-state index contributed by atoms with van der Waals surface area (Å²) in [5.41, 5.74) is 1.10. The first-order valence-electron chi connectivity index (χ1n) is 5.02. The molecule has 0 radical (unpaired) electrons. The Hall–Kier alpha value is -0.960. The van der Waals surface area contributed by atoms with Crippen molar-refractivity contribution in [2.24, 2.45) is 0 Å². The molecule has 18 heavy (non-hydrogen) atoms. The molecule has 2 rings (SSSR count). The van der Waals surface area contributed by atoms with Crippen LogP contribution in [0.25, 0.3) is 11.1 Å². The van der Waals surface area contributed by atoms with Gasteiger partial charge in [-0.3, -0.25) is 0 Å². The molecule has 0 saturated carbocycles. The summed E-state index contributed by atoms with van der Waals surface area (Å²) in [6.45, 7) is 0. The van der Waals surface area contributed by atoms with Crippen molar-refractivity contribution >= 4 is 34.8 Å². The van der Waals surface area contributed by atoms with Crippen molar-refractivity contribution in [1.29, 1.82) is 0 Å². The highest BCUT2D eigenvalue weighted by Crippen LogP contribution is 2.41. The zero-order valence-corrected chi connectivity index (χ0v) is 11.6. The molecule has 94 valence electrons. The lowest BCUT2D eigenvalue weighted by Crippen LogP contribution is -1.90. The van der Waals surface area contributed by atoms with E-state index in [1.807, 2.05) is 0 Å². The van der Waals surface area contributed by atoms with E-state index >= 15 is 0 Å². The minimum atomic E-state index is -0.382. The molecule has 0 aliphatic rings. The van der Waals surface area contributed by atoms with Crippen LogP contribution in [0.1, 0.15) is 0 Å². The van der Waals surface area contributed by atoms with E-state index < -0.39 is 0 Å². The Kier molecular flexibility index (Phi) is 4.00. The second kappa shape index (κ2) is 5.35. The van der Waals surface area contributed by atoms with Gasteiger partial charge in [-0.25, -0.2) is 4.39 Å². The topological polar surface area (TPSA) is 9.23 Å². The molecule has 0 aliphatic carbocycles. The largest absolute Gasteiger partial charge is 0.496 e. The van der Waals surface area contributed by atoms with Gasteiger partial charge in [0.05, 0.1) is 22.2 Å². The van der Waals surface area contributed by atoms with E-state index in [0.717, 1.165) is 0 Å². The highest BCUT2D eigenvalue weighted by Gasteiger charge is 2.14. The minimum absolute atomic E-state index is 0.238. The van der Waals surface area contributed by atoms with Crippen LogP contribution in [0.5, 0.6) is 5.75 Å². The zero-order chi connectivity index (χ0) is 13.3. The van der Waals surface area contributed by atoms with E-state index in [4.69, 9.17) is 39.5 Å². The summed E-state index contributed by atoms with van der Waals surface area (Å²) < 4.78 is 18.5. The van der Waals surface area contributed by atoms with Crippen LogP contribution >= 0.6 is 34.8 Å². The molecule has 2 aromatic rings. The van der Waals surface area contributed by atoms with Crippen LogP contribution in [0, 0.1) is 5.82 Å². The fourth-order valence-corrected chi connectivity index (χ4v) is 2.26. The van der Waals surface area contributed by atoms with Gasteiger partial charge in [-0.05, 0) is 24.3 Å². The van der Waals surface area contributed by atoms with Gasteiger partial charge in [-0.1, -0.05) is 40.9 Å². The summed E-state index contributed by atoms with van der Waals surface area (Å²) in [5.74, 6) is 0.129. The molecule has 0 N–H and O–H groups in total. The van der Waals surface area contributed by atoms with Gasteiger partial charge >= 0.3 is 0 Å². The Morgan fingerprint density at radius 1 is 0.944 bits per heavy atom. The maximum Gasteiger partial charge on any atom is 0.126 e. The molecule has 0 aromatic heterocycles. The number of halogens is 4. The summed E-state index contributed by atoms with van der Waals surface area (Å²) >= 11 is 17.9. The lowest BCUT2D eigenvalue weighted by atomic mass is 10.0. The molecule has 0 amide bonds. The number of hydrogen-bond donors (Lipinski definition) is 0. The van der Waals surface area contributed by atoms with Crippen molar-refractivity contribution in [3.05, 3.63) is 51.2 Å². The molecule has 0 bridgehead atoms. The van der Waals surface area contributed by atoms with Crippen LogP contribution < -0.4 is 4.74 Å². The van der Waals surface area contributed by atoms with Crippen molar-refractivity contribution in [2.45, 2.75) is 0 Å². The van der Waals surface area contributed by atoms with Crippen molar-refractivity contribution in [3.8, 4) is 16.9 Å². The molecular weight excluding hydrogens is 297 g/mol. The van der Waals surface area contributed by atoms with Gasteiger partial charge < -0.3 is 4.74 Å². The molecule has 0 unspecified atom stereocenters. The third kappa shape index (κ3) is 2.41. The molecular formula is C13H8Cl3FO. The Morgan fingerprint density at radius 3 is 2.33 bits per heavy atom. The Balaban J connectivity index is 2.69. The van der Waals surface area contributed by atoms with Gasteiger partial charge in [0, 0.05) is 11.1 Å². The van der Waals surface area contributed by atoms with E-state index in [0.29, 0.717) is 21.9 Å². The third-order valence-corrected chi connectivity index (χ3v) is 3.78. The SMILES string of the molecule is COc1ccc(F)cc1-c1ccc(Cl)c(Cl)c1Cl. The molecule has 0 heterocycles. The molecule has 5 heteroatoms. The molecule has 0 aliphatic heterocycles. The van der Waals surface area contributed by atoms with Crippen LogP contribution in [-0.2, 0) is 0 Å². The first-order valence-corrected chi connectivity index (χ1v) is 6.15. The average molecular weight is 306 g/mol. The quantitative estimate of drug-likeness (QED) is 0.669. The maximum absolute atomic E-state index is 13.3. The van der Waals surface area contributed by atoms with Gasteiger partial charge in [-0.15, -0.1) is 0 Å². The summed E-state index contributed by atoms with van der Waals surface area (Å²) in [6, 6.07) is 7.46. The predicted molar refractivity (Wildman–Crippen MR) is 73.4 cm³/mol. The fraction of sp³-hybridized carbons (Fsp3) is 0.0769. The van der Waals surface area contributed by atoms with Crippen LogP contribution in [0.15, 0.2) is 30.3 Å². The smallest absolute Gasteiger partial charge is 0.126 e. The summed E-state index contributed by atoms with van der Waals surface area (Å²) in [4.78, 5) is 0. The minimum Gasteiger partial charge on any atom is -0.496 e. The lowest BCUT2D eigenvalue weighted by Gasteiger charge is -2.11. The van der Waals surface area contributed by atoms with Crippen molar-refractivity contribution in [2.75, 3.05) is 7.11 Å². The van der Waals surface area contributed by atoms with Gasteiger partial charge in [0.15, 0.2) is 0 Å². The Bertz CT molecular complexity index is 599. The number of hydrogen-bond acceptors (Lipinski definition) is 1. The number of methoxy groups -OCH3 is 1. The van der Waals surface area contributed by atoms with Gasteiger partial charge in [-0.2, -0.15) is 0 Å². The molecule has 2 aromatic carbocycles. The third-order valence-electron chi connectivity index (χ3n) is 2.49. The monoisotopic (exact) mass is 304 g/mol. The van der Waals surface area contributed by atoms with E-state index in [1.165, 1.54) is 25.3 Å². The first-order chi connectivity index (χ1) is 8.54. The first kappa shape index (κ1) is 13.5. The number of rotatable bonds is 2. The van der Waals surface area contributed by atoms with Crippen molar-refractivity contribution in [3.63, 3.8) is 0 Å². The van der Waals surface area contributed by atoms with E-state index in [2.05, 4.69) is 0 Å². The Labute approximate surface area is 119 Å². The summed E-state index contributed by atoms with van der Waals surface area (Å²) in [7, 11) is 1.50. The predicted octanol–water partition coefficient (Wildman–Crippen LogP) is 5.46. The van der Waals surface area contributed by atoms with Gasteiger partial charge in [0.2, 0.25) is 0 Å². The van der Waals surface area contributed by atoms with E-state index in [1.54, 1.807) is 12.1 Å². The maximum atomic E-state index is 13.3. The molecule has 0 spiro atoms. The van der Waals surface area contributed by atoms with Crippen molar-refractivity contribution in [1.82, 2.24) is 0 Å². The second-order valence-electron chi connectivity index (χ2n) is 3.57. The fourth-order valence-electron chi connectivity index (χ4n) is 1.62. The van der Waals surface area contributed by atoms with E-state index in [-0.39, 0.29) is 15.9 Å². The second-order valence-corrected chi connectivity index (χ2v) is 4.73. The van der Waals surface area contributed by atoms with E-state index in [9.17, 15) is 4.39 Å². The van der Waals surface area contributed by atoms with Crippen LogP contribution in [0.3, 0.4) is 0 Å². The summed E-state index contributed by atoms with van der Waals surface area (Å²) in [6.07, 6.45) is 0. The molecule has 0 saturated heterocycles. The van der Waals surface area contributed by atoms with Gasteiger partial charge in [0.25, 0.3) is 0 Å². The van der Waals surface area contributed by atoms with Crippen LogP contribution in [0.4, 0.5) is 4.39 Å². The summed E-state index contributed by atoms with van der Waals surface area (Å²) in [5, 5.41) is 0.857. The van der Waals surface area contributed by atoms with Crippen LogP contribution in [0.2, 0.25) is 15.1 Å². The Morgan fingerprint density at radius 2 is 1.67 bits per heavy atom. The lowest BCUT2D eigenvalue weighted by molar-refractivity contribution is 0.415. The van der Waals surface area contributed by atoms with Crippen molar-refractivity contribution < 1.29 is 9.13 Å². The van der Waals surface area contributed by atoms with Gasteiger partial charge in [0.1, 0.15) is 11.6 Å². The molecule has 0 atom stereocenters. The zero-order valence-electron chi connectivity index (χ0n) is 9.31. The average Bonchev–Trinajstić information content (AvgIpc) is 2.36. The normalized spacial score (nSPS) is 10.5.